The van der Waals surface area contributed by atoms with Crippen molar-refractivity contribution in [3.8, 4) is 0 Å². The fourth-order valence-electron chi connectivity index (χ4n) is 2.45. The SMILES string of the molecule is CCCCCCCCCCCCCCC(O)COC=O. The third-order valence-electron chi connectivity index (χ3n) is 3.75. The minimum atomic E-state index is -0.483. The molecular weight excluding hydrogens is 252 g/mol. The Bertz CT molecular complexity index is 195. The van der Waals surface area contributed by atoms with Gasteiger partial charge in [-0.05, 0) is 6.42 Å². The lowest BCUT2D eigenvalue weighted by molar-refractivity contribution is -0.131. The summed E-state index contributed by atoms with van der Waals surface area (Å²) in [5, 5.41) is 9.46. The van der Waals surface area contributed by atoms with Crippen molar-refractivity contribution in [1.29, 1.82) is 0 Å². The number of ether oxygens (including phenoxy) is 1. The Kier molecular flexibility index (Phi) is 16.0. The molecule has 0 heterocycles. The first-order valence-electron chi connectivity index (χ1n) is 8.54. The first kappa shape index (κ1) is 19.4. The normalized spacial score (nSPS) is 12.3. The molecule has 0 aliphatic rings. The fraction of sp³-hybridized carbons (Fsp3) is 0.941. The van der Waals surface area contributed by atoms with E-state index < -0.39 is 6.10 Å². The van der Waals surface area contributed by atoms with Gasteiger partial charge in [0.2, 0.25) is 0 Å². The van der Waals surface area contributed by atoms with E-state index in [1.165, 1.54) is 70.6 Å². The van der Waals surface area contributed by atoms with Crippen LogP contribution < -0.4 is 0 Å². The number of aliphatic hydroxyl groups excluding tert-OH is 1. The Balaban J connectivity index is 3.04. The maximum absolute atomic E-state index is 9.95. The van der Waals surface area contributed by atoms with E-state index in [1.54, 1.807) is 0 Å². The highest BCUT2D eigenvalue weighted by atomic mass is 16.5. The molecule has 1 N–H and O–H groups in total. The van der Waals surface area contributed by atoms with Crippen LogP contribution >= 0.6 is 0 Å². The van der Waals surface area contributed by atoms with Crippen LogP contribution in [0.5, 0.6) is 0 Å². The number of hydrogen-bond donors (Lipinski definition) is 1. The van der Waals surface area contributed by atoms with Gasteiger partial charge in [0.25, 0.3) is 6.47 Å². The van der Waals surface area contributed by atoms with Crippen molar-refractivity contribution < 1.29 is 14.6 Å². The van der Waals surface area contributed by atoms with Crippen molar-refractivity contribution in [2.45, 2.75) is 96.5 Å². The average Bonchev–Trinajstić information content (AvgIpc) is 2.46. The van der Waals surface area contributed by atoms with Gasteiger partial charge < -0.3 is 9.84 Å². The molecule has 0 aliphatic carbocycles. The van der Waals surface area contributed by atoms with E-state index in [0.717, 1.165) is 12.8 Å². The molecule has 3 heteroatoms. The molecule has 0 amide bonds. The Morgan fingerprint density at radius 1 is 0.850 bits per heavy atom. The zero-order chi connectivity index (χ0) is 14.9. The Morgan fingerprint density at radius 3 is 1.75 bits per heavy atom. The Hall–Kier alpha value is -0.570. The summed E-state index contributed by atoms with van der Waals surface area (Å²) in [6, 6.07) is 0. The van der Waals surface area contributed by atoms with E-state index in [9.17, 15) is 9.90 Å². The van der Waals surface area contributed by atoms with Gasteiger partial charge in [-0.2, -0.15) is 0 Å². The highest BCUT2D eigenvalue weighted by molar-refractivity contribution is 5.36. The lowest BCUT2D eigenvalue weighted by Gasteiger charge is -2.08. The van der Waals surface area contributed by atoms with E-state index in [-0.39, 0.29) is 6.61 Å². The molecule has 0 radical (unpaired) electrons. The number of unbranched alkanes of at least 4 members (excludes halogenated alkanes) is 11. The van der Waals surface area contributed by atoms with Crippen molar-refractivity contribution in [2.75, 3.05) is 6.61 Å². The van der Waals surface area contributed by atoms with Crippen molar-refractivity contribution in [2.24, 2.45) is 0 Å². The van der Waals surface area contributed by atoms with Crippen molar-refractivity contribution in [3.05, 3.63) is 0 Å². The van der Waals surface area contributed by atoms with Crippen LogP contribution in [0.25, 0.3) is 0 Å². The largest absolute Gasteiger partial charge is 0.465 e. The summed E-state index contributed by atoms with van der Waals surface area (Å²) in [6.07, 6.45) is 16.1. The highest BCUT2D eigenvalue weighted by Crippen LogP contribution is 2.12. The molecule has 0 aromatic carbocycles. The van der Waals surface area contributed by atoms with E-state index in [0.29, 0.717) is 6.47 Å². The summed E-state index contributed by atoms with van der Waals surface area (Å²) in [5.74, 6) is 0. The van der Waals surface area contributed by atoms with Crippen LogP contribution in [0.15, 0.2) is 0 Å². The summed E-state index contributed by atoms with van der Waals surface area (Å²) in [6.45, 7) is 2.79. The van der Waals surface area contributed by atoms with Gasteiger partial charge in [-0.1, -0.05) is 84.0 Å². The molecule has 0 rings (SSSR count). The summed E-state index contributed by atoms with van der Waals surface area (Å²) in [7, 11) is 0. The van der Waals surface area contributed by atoms with Crippen LogP contribution in [-0.2, 0) is 9.53 Å². The predicted octanol–water partition coefficient (Wildman–Crippen LogP) is 4.61. The van der Waals surface area contributed by atoms with E-state index in [2.05, 4.69) is 11.7 Å². The molecule has 1 atom stereocenters. The van der Waals surface area contributed by atoms with Gasteiger partial charge in [0.15, 0.2) is 0 Å². The van der Waals surface area contributed by atoms with Gasteiger partial charge in [0, 0.05) is 0 Å². The van der Waals surface area contributed by atoms with Crippen LogP contribution in [0.4, 0.5) is 0 Å². The molecule has 0 saturated heterocycles. The third-order valence-corrected chi connectivity index (χ3v) is 3.75. The first-order valence-corrected chi connectivity index (χ1v) is 8.54. The van der Waals surface area contributed by atoms with E-state index in [1.807, 2.05) is 0 Å². The van der Waals surface area contributed by atoms with E-state index >= 15 is 0 Å². The molecule has 20 heavy (non-hydrogen) atoms. The summed E-state index contributed by atoms with van der Waals surface area (Å²) >= 11 is 0. The smallest absolute Gasteiger partial charge is 0.293 e. The Labute approximate surface area is 125 Å². The number of carbonyl (C=O) groups is 1. The second-order valence-corrected chi connectivity index (χ2v) is 5.76. The molecule has 0 aliphatic heterocycles. The molecule has 0 aromatic heterocycles. The molecule has 0 spiro atoms. The second kappa shape index (κ2) is 16.5. The van der Waals surface area contributed by atoms with Crippen molar-refractivity contribution in [3.63, 3.8) is 0 Å². The quantitative estimate of drug-likeness (QED) is 0.333. The van der Waals surface area contributed by atoms with Gasteiger partial charge in [-0.3, -0.25) is 4.79 Å². The first-order chi connectivity index (χ1) is 9.81. The lowest BCUT2D eigenvalue weighted by atomic mass is 10.0. The van der Waals surface area contributed by atoms with Crippen molar-refractivity contribution in [1.82, 2.24) is 0 Å². The van der Waals surface area contributed by atoms with E-state index in [4.69, 9.17) is 0 Å². The Morgan fingerprint density at radius 2 is 1.30 bits per heavy atom. The van der Waals surface area contributed by atoms with Gasteiger partial charge in [0.05, 0.1) is 6.10 Å². The van der Waals surface area contributed by atoms with Gasteiger partial charge >= 0.3 is 0 Å². The number of rotatable bonds is 16. The molecule has 0 aromatic rings. The summed E-state index contributed by atoms with van der Waals surface area (Å²) in [4.78, 5) is 9.95. The van der Waals surface area contributed by atoms with Crippen LogP contribution in [0.2, 0.25) is 0 Å². The van der Waals surface area contributed by atoms with Crippen molar-refractivity contribution >= 4 is 6.47 Å². The molecular formula is C17H34O3. The molecule has 0 fully saturated rings. The minimum Gasteiger partial charge on any atom is -0.465 e. The monoisotopic (exact) mass is 286 g/mol. The molecule has 1 unspecified atom stereocenters. The molecule has 3 nitrogen and oxygen atoms in total. The van der Waals surface area contributed by atoms with Crippen LogP contribution in [0.1, 0.15) is 90.4 Å². The molecule has 0 bridgehead atoms. The fourth-order valence-corrected chi connectivity index (χ4v) is 2.45. The predicted molar refractivity (Wildman–Crippen MR) is 83.7 cm³/mol. The second-order valence-electron chi connectivity index (χ2n) is 5.76. The highest BCUT2D eigenvalue weighted by Gasteiger charge is 2.03. The lowest BCUT2D eigenvalue weighted by Crippen LogP contribution is -2.14. The zero-order valence-electron chi connectivity index (χ0n) is 13.3. The molecule has 120 valence electrons. The van der Waals surface area contributed by atoms with Crippen LogP contribution in [0, 0.1) is 0 Å². The average molecular weight is 286 g/mol. The minimum absolute atomic E-state index is 0.140. The van der Waals surface area contributed by atoms with Crippen LogP contribution in [-0.4, -0.2) is 24.3 Å². The summed E-state index contributed by atoms with van der Waals surface area (Å²) < 4.78 is 4.52. The van der Waals surface area contributed by atoms with Gasteiger partial charge in [-0.15, -0.1) is 0 Å². The maximum atomic E-state index is 9.95. The summed E-state index contributed by atoms with van der Waals surface area (Å²) in [5.41, 5.74) is 0. The topological polar surface area (TPSA) is 46.5 Å². The number of aliphatic hydroxyl groups is 1. The number of carbonyl (C=O) groups excluding carboxylic acids is 1. The third kappa shape index (κ3) is 15.5. The molecule has 0 saturated carbocycles. The number of hydrogen-bond acceptors (Lipinski definition) is 3. The van der Waals surface area contributed by atoms with Gasteiger partial charge in [-0.25, -0.2) is 0 Å². The van der Waals surface area contributed by atoms with Crippen LogP contribution in [0.3, 0.4) is 0 Å². The standard InChI is InChI=1S/C17H34O3/c1-2-3-4-5-6-7-8-9-10-11-12-13-14-17(19)15-20-16-18/h16-17,19H,2-15H2,1H3. The van der Waals surface area contributed by atoms with Gasteiger partial charge in [0.1, 0.15) is 6.61 Å². The maximum Gasteiger partial charge on any atom is 0.293 e. The zero-order valence-corrected chi connectivity index (χ0v) is 13.3.